The van der Waals surface area contributed by atoms with Crippen molar-refractivity contribution in [2.45, 2.75) is 33.9 Å². The van der Waals surface area contributed by atoms with E-state index in [4.69, 9.17) is 22.1 Å². The van der Waals surface area contributed by atoms with E-state index in [9.17, 15) is 4.79 Å². The molecule has 1 aromatic carbocycles. The maximum atomic E-state index is 12.1. The highest BCUT2D eigenvalue weighted by Gasteiger charge is 2.15. The normalized spacial score (nSPS) is 10.7. The van der Waals surface area contributed by atoms with Gasteiger partial charge in [-0.1, -0.05) is 11.6 Å². The number of anilines is 1. The highest BCUT2D eigenvalue weighted by Crippen LogP contribution is 2.21. The Bertz CT molecular complexity index is 660. The number of hydrogen-bond donors (Lipinski definition) is 1. The van der Waals surface area contributed by atoms with Crippen LogP contribution < -0.4 is 5.73 Å². The molecule has 0 amide bonds. The number of nitrogen functional groups attached to an aromatic ring is 1. The Kier molecular flexibility index (Phi) is 4.53. The lowest BCUT2D eigenvalue weighted by Gasteiger charge is -2.08. The summed E-state index contributed by atoms with van der Waals surface area (Å²) in [5.74, 6) is -0.428. The molecule has 21 heavy (non-hydrogen) atoms. The van der Waals surface area contributed by atoms with Gasteiger partial charge in [0.15, 0.2) is 0 Å². The van der Waals surface area contributed by atoms with Gasteiger partial charge in [-0.15, -0.1) is 0 Å². The van der Waals surface area contributed by atoms with Crippen molar-refractivity contribution in [1.82, 2.24) is 9.78 Å². The third-order valence-electron chi connectivity index (χ3n) is 3.13. The topological polar surface area (TPSA) is 70.1 Å². The fourth-order valence-corrected chi connectivity index (χ4v) is 2.34. The van der Waals surface area contributed by atoms with E-state index in [2.05, 4.69) is 5.10 Å². The summed E-state index contributed by atoms with van der Waals surface area (Å²) in [4.78, 5) is 12.1. The molecule has 0 unspecified atom stereocenters. The minimum absolute atomic E-state index is 0.0835. The van der Waals surface area contributed by atoms with Crippen LogP contribution in [0.1, 0.15) is 34.2 Å². The lowest BCUT2D eigenvalue weighted by atomic mass is 10.1. The molecule has 0 saturated heterocycles. The number of ether oxygens (including phenoxy) is 1. The standard InChI is InChI=1S/C15H18ClN3O2/c1-4-19-13(14(16)10(3)18-19)8-21-15(20)11-5-9(2)6-12(17)7-11/h5-7H,4,8,17H2,1-3H3. The van der Waals surface area contributed by atoms with Gasteiger partial charge < -0.3 is 10.5 Å². The minimum Gasteiger partial charge on any atom is -0.456 e. The van der Waals surface area contributed by atoms with Crippen LogP contribution in [0.3, 0.4) is 0 Å². The molecule has 2 N–H and O–H groups in total. The fourth-order valence-electron chi connectivity index (χ4n) is 2.15. The highest BCUT2D eigenvalue weighted by atomic mass is 35.5. The molecule has 1 heterocycles. The number of carbonyl (C=O) groups is 1. The summed E-state index contributed by atoms with van der Waals surface area (Å²) in [6, 6.07) is 5.13. The number of hydrogen-bond acceptors (Lipinski definition) is 4. The van der Waals surface area contributed by atoms with Gasteiger partial charge in [-0.3, -0.25) is 4.68 Å². The molecule has 0 aliphatic carbocycles. The number of carbonyl (C=O) groups excluding carboxylic acids is 1. The third kappa shape index (κ3) is 3.36. The van der Waals surface area contributed by atoms with E-state index < -0.39 is 5.97 Å². The van der Waals surface area contributed by atoms with Crippen molar-refractivity contribution in [3.8, 4) is 0 Å². The molecule has 0 atom stereocenters. The van der Waals surface area contributed by atoms with Gasteiger partial charge in [0.2, 0.25) is 0 Å². The van der Waals surface area contributed by atoms with E-state index in [0.717, 1.165) is 11.3 Å². The van der Waals surface area contributed by atoms with Crippen LogP contribution in [0.4, 0.5) is 5.69 Å². The molecule has 0 saturated carbocycles. The zero-order valence-corrected chi connectivity index (χ0v) is 13.1. The molecule has 1 aromatic heterocycles. The van der Waals surface area contributed by atoms with Gasteiger partial charge in [0.05, 0.1) is 22.0 Å². The van der Waals surface area contributed by atoms with Gasteiger partial charge in [0.25, 0.3) is 0 Å². The van der Waals surface area contributed by atoms with Gasteiger partial charge in [-0.2, -0.15) is 5.10 Å². The van der Waals surface area contributed by atoms with Crippen LogP contribution in [-0.4, -0.2) is 15.7 Å². The number of rotatable bonds is 4. The smallest absolute Gasteiger partial charge is 0.338 e. The van der Waals surface area contributed by atoms with Crippen molar-refractivity contribution in [3.05, 3.63) is 45.7 Å². The number of aromatic nitrogens is 2. The van der Waals surface area contributed by atoms with Gasteiger partial charge in [0, 0.05) is 12.2 Å². The molecular formula is C15H18ClN3O2. The first-order chi connectivity index (χ1) is 9.92. The predicted molar refractivity (Wildman–Crippen MR) is 82.4 cm³/mol. The van der Waals surface area contributed by atoms with Crippen molar-refractivity contribution in [2.75, 3.05) is 5.73 Å². The zero-order valence-electron chi connectivity index (χ0n) is 12.3. The van der Waals surface area contributed by atoms with Crippen LogP contribution in [0.15, 0.2) is 18.2 Å². The van der Waals surface area contributed by atoms with Crippen LogP contribution in [0, 0.1) is 13.8 Å². The molecule has 2 rings (SSSR count). The Balaban J connectivity index is 2.14. The first-order valence-corrected chi connectivity index (χ1v) is 7.06. The van der Waals surface area contributed by atoms with Gasteiger partial charge in [0.1, 0.15) is 6.61 Å². The summed E-state index contributed by atoms with van der Waals surface area (Å²) >= 11 is 6.18. The molecule has 0 aliphatic rings. The molecule has 0 radical (unpaired) electrons. The van der Waals surface area contributed by atoms with E-state index in [-0.39, 0.29) is 6.61 Å². The van der Waals surface area contributed by atoms with Crippen LogP contribution in [0.5, 0.6) is 0 Å². The van der Waals surface area contributed by atoms with Crippen molar-refractivity contribution in [2.24, 2.45) is 0 Å². The molecule has 0 aliphatic heterocycles. The van der Waals surface area contributed by atoms with Crippen molar-refractivity contribution in [1.29, 1.82) is 0 Å². The maximum Gasteiger partial charge on any atom is 0.338 e. The number of benzene rings is 1. The summed E-state index contributed by atoms with van der Waals surface area (Å²) in [6.45, 7) is 6.40. The number of nitrogens with zero attached hydrogens (tertiary/aromatic N) is 2. The van der Waals surface area contributed by atoms with Gasteiger partial charge in [-0.25, -0.2) is 4.79 Å². The number of esters is 1. The SMILES string of the molecule is CCn1nc(C)c(Cl)c1COC(=O)c1cc(C)cc(N)c1. The quantitative estimate of drug-likeness (QED) is 0.696. The summed E-state index contributed by atoms with van der Waals surface area (Å²) in [5, 5.41) is 4.82. The number of halogens is 1. The Hall–Kier alpha value is -2.01. The second kappa shape index (κ2) is 6.18. The van der Waals surface area contributed by atoms with Gasteiger partial charge in [-0.05, 0) is 44.5 Å². The predicted octanol–water partition coefficient (Wildman–Crippen LogP) is 3.11. The number of aryl methyl sites for hydroxylation is 3. The third-order valence-corrected chi connectivity index (χ3v) is 3.62. The average molecular weight is 308 g/mol. The van der Waals surface area contributed by atoms with Crippen molar-refractivity contribution in [3.63, 3.8) is 0 Å². The van der Waals surface area contributed by atoms with E-state index in [1.54, 1.807) is 22.9 Å². The maximum absolute atomic E-state index is 12.1. The molecule has 5 nitrogen and oxygen atoms in total. The summed E-state index contributed by atoms with van der Waals surface area (Å²) in [7, 11) is 0. The zero-order chi connectivity index (χ0) is 15.6. The van der Waals surface area contributed by atoms with E-state index in [1.807, 2.05) is 20.8 Å². The van der Waals surface area contributed by atoms with Crippen LogP contribution >= 0.6 is 11.6 Å². The Morgan fingerprint density at radius 1 is 1.38 bits per heavy atom. The first-order valence-electron chi connectivity index (χ1n) is 6.68. The molecular weight excluding hydrogens is 290 g/mol. The summed E-state index contributed by atoms with van der Waals surface area (Å²) in [5.41, 5.74) is 9.04. The van der Waals surface area contributed by atoms with E-state index in [0.29, 0.717) is 28.5 Å². The molecule has 2 aromatic rings. The largest absolute Gasteiger partial charge is 0.456 e. The lowest BCUT2D eigenvalue weighted by molar-refractivity contribution is 0.0462. The van der Waals surface area contributed by atoms with Gasteiger partial charge >= 0.3 is 5.97 Å². The average Bonchev–Trinajstić information content (AvgIpc) is 2.70. The Morgan fingerprint density at radius 3 is 2.71 bits per heavy atom. The Morgan fingerprint density at radius 2 is 2.10 bits per heavy atom. The second-order valence-electron chi connectivity index (χ2n) is 4.87. The van der Waals surface area contributed by atoms with E-state index >= 15 is 0 Å². The van der Waals surface area contributed by atoms with Crippen molar-refractivity contribution >= 4 is 23.3 Å². The monoisotopic (exact) mass is 307 g/mol. The van der Waals surface area contributed by atoms with Crippen molar-refractivity contribution < 1.29 is 9.53 Å². The molecule has 112 valence electrons. The molecule has 6 heteroatoms. The van der Waals surface area contributed by atoms with E-state index in [1.165, 1.54) is 0 Å². The van der Waals surface area contributed by atoms with Crippen LogP contribution in [0.2, 0.25) is 5.02 Å². The fraction of sp³-hybridized carbons (Fsp3) is 0.333. The Labute approximate surface area is 128 Å². The lowest BCUT2D eigenvalue weighted by Crippen LogP contribution is -2.10. The van der Waals surface area contributed by atoms with Crippen LogP contribution in [-0.2, 0) is 17.9 Å². The first kappa shape index (κ1) is 15.4. The summed E-state index contributed by atoms with van der Waals surface area (Å²) in [6.07, 6.45) is 0. The number of nitrogens with two attached hydrogens (primary N) is 1. The minimum atomic E-state index is -0.428. The molecule has 0 fully saturated rings. The summed E-state index contributed by atoms with van der Waals surface area (Å²) < 4.78 is 7.05. The van der Waals surface area contributed by atoms with Crippen LogP contribution in [0.25, 0.3) is 0 Å². The molecule has 0 bridgehead atoms. The molecule has 0 spiro atoms. The second-order valence-corrected chi connectivity index (χ2v) is 5.25. The highest BCUT2D eigenvalue weighted by molar-refractivity contribution is 6.31.